The smallest absolute Gasteiger partial charge is 0.335 e. The summed E-state index contributed by atoms with van der Waals surface area (Å²) in [5, 5.41) is 8.97. The van der Waals surface area contributed by atoms with E-state index in [0.29, 0.717) is 5.56 Å². The highest BCUT2D eigenvalue weighted by Gasteiger charge is 2.07. The van der Waals surface area contributed by atoms with Crippen molar-refractivity contribution in [3.8, 4) is 11.1 Å². The van der Waals surface area contributed by atoms with Crippen LogP contribution in [-0.4, -0.2) is 11.1 Å². The van der Waals surface area contributed by atoms with Gasteiger partial charge < -0.3 is 5.11 Å². The molecule has 0 radical (unpaired) electrons. The first-order valence-corrected chi connectivity index (χ1v) is 5.98. The number of benzene rings is 2. The van der Waals surface area contributed by atoms with E-state index in [-0.39, 0.29) is 0 Å². The molecule has 2 aromatic rings. The summed E-state index contributed by atoms with van der Waals surface area (Å²) in [7, 11) is 0. The first-order chi connectivity index (χ1) is 8.09. The molecular formula is C14H11BrO2. The number of hydrogen-bond donors (Lipinski definition) is 1. The molecule has 2 rings (SSSR count). The van der Waals surface area contributed by atoms with Crippen LogP contribution in [-0.2, 0) is 0 Å². The monoisotopic (exact) mass is 290 g/mol. The number of hydrogen-bond acceptors (Lipinski definition) is 1. The first kappa shape index (κ1) is 11.9. The van der Waals surface area contributed by atoms with Crippen molar-refractivity contribution < 1.29 is 9.90 Å². The summed E-state index contributed by atoms with van der Waals surface area (Å²) in [5.74, 6) is -0.903. The van der Waals surface area contributed by atoms with Gasteiger partial charge in [0.25, 0.3) is 0 Å². The lowest BCUT2D eigenvalue weighted by Crippen LogP contribution is -1.96. The molecule has 0 aromatic heterocycles. The molecule has 0 amide bonds. The van der Waals surface area contributed by atoms with E-state index in [1.54, 1.807) is 18.2 Å². The van der Waals surface area contributed by atoms with Gasteiger partial charge in [0, 0.05) is 4.47 Å². The number of rotatable bonds is 2. The van der Waals surface area contributed by atoms with E-state index in [9.17, 15) is 4.79 Å². The average molecular weight is 291 g/mol. The SMILES string of the molecule is Cc1c(Br)cccc1-c1cccc(C(=O)O)c1. The third-order valence-electron chi connectivity index (χ3n) is 2.69. The molecule has 0 aliphatic carbocycles. The standard InChI is InChI=1S/C14H11BrO2/c1-9-12(6-3-7-13(9)15)10-4-2-5-11(8-10)14(16)17/h2-8H,1H3,(H,16,17). The molecule has 2 aromatic carbocycles. The molecular weight excluding hydrogens is 280 g/mol. The second-order valence-electron chi connectivity index (χ2n) is 3.80. The average Bonchev–Trinajstić information content (AvgIpc) is 2.33. The molecule has 1 N–H and O–H groups in total. The Morgan fingerprint density at radius 3 is 2.59 bits per heavy atom. The van der Waals surface area contributed by atoms with Crippen LogP contribution in [0.1, 0.15) is 15.9 Å². The maximum absolute atomic E-state index is 10.9. The largest absolute Gasteiger partial charge is 0.478 e. The highest BCUT2D eigenvalue weighted by atomic mass is 79.9. The predicted molar refractivity (Wildman–Crippen MR) is 71.3 cm³/mol. The molecule has 86 valence electrons. The summed E-state index contributed by atoms with van der Waals surface area (Å²) in [6, 6.07) is 12.9. The minimum Gasteiger partial charge on any atom is -0.478 e. The van der Waals surface area contributed by atoms with Crippen LogP contribution in [0.5, 0.6) is 0 Å². The third-order valence-corrected chi connectivity index (χ3v) is 3.55. The van der Waals surface area contributed by atoms with Gasteiger partial charge in [0.2, 0.25) is 0 Å². The highest BCUT2D eigenvalue weighted by Crippen LogP contribution is 2.28. The predicted octanol–water partition coefficient (Wildman–Crippen LogP) is 4.12. The molecule has 0 unspecified atom stereocenters. The van der Waals surface area contributed by atoms with Crippen molar-refractivity contribution in [1.29, 1.82) is 0 Å². The molecule has 0 saturated carbocycles. The van der Waals surface area contributed by atoms with Crippen molar-refractivity contribution in [2.24, 2.45) is 0 Å². The Bertz CT molecular complexity index is 576. The lowest BCUT2D eigenvalue weighted by Gasteiger charge is -2.08. The van der Waals surface area contributed by atoms with Gasteiger partial charge >= 0.3 is 5.97 Å². The quantitative estimate of drug-likeness (QED) is 0.903. The summed E-state index contributed by atoms with van der Waals surface area (Å²) < 4.78 is 1.02. The second kappa shape index (κ2) is 4.72. The number of carbonyl (C=O) groups is 1. The molecule has 0 heterocycles. The van der Waals surface area contributed by atoms with Crippen LogP contribution in [0.15, 0.2) is 46.9 Å². The Balaban J connectivity index is 2.57. The Kier molecular flexibility index (Phi) is 3.29. The summed E-state index contributed by atoms with van der Waals surface area (Å²) in [6.45, 7) is 2.01. The second-order valence-corrected chi connectivity index (χ2v) is 4.65. The number of carboxylic acid groups (broad SMARTS) is 1. The Hall–Kier alpha value is -1.61. The van der Waals surface area contributed by atoms with E-state index < -0.39 is 5.97 Å². The van der Waals surface area contributed by atoms with Gasteiger partial charge in [-0.1, -0.05) is 40.2 Å². The van der Waals surface area contributed by atoms with Crippen molar-refractivity contribution in [3.05, 3.63) is 58.1 Å². The van der Waals surface area contributed by atoms with E-state index in [1.807, 2.05) is 31.2 Å². The van der Waals surface area contributed by atoms with Crippen LogP contribution in [0.3, 0.4) is 0 Å². The third kappa shape index (κ3) is 2.39. The maximum atomic E-state index is 10.9. The van der Waals surface area contributed by atoms with Crippen molar-refractivity contribution in [1.82, 2.24) is 0 Å². The highest BCUT2D eigenvalue weighted by molar-refractivity contribution is 9.10. The fraction of sp³-hybridized carbons (Fsp3) is 0.0714. The Morgan fingerprint density at radius 2 is 1.88 bits per heavy atom. The molecule has 2 nitrogen and oxygen atoms in total. The van der Waals surface area contributed by atoms with Crippen molar-refractivity contribution in [3.63, 3.8) is 0 Å². The van der Waals surface area contributed by atoms with Crippen molar-refractivity contribution in [2.75, 3.05) is 0 Å². The summed E-state index contributed by atoms with van der Waals surface area (Å²) >= 11 is 3.47. The molecule has 0 fully saturated rings. The van der Waals surface area contributed by atoms with Gasteiger partial charge in [-0.15, -0.1) is 0 Å². The molecule has 0 atom stereocenters. The number of halogens is 1. The van der Waals surface area contributed by atoms with Crippen LogP contribution < -0.4 is 0 Å². The molecule has 0 spiro atoms. The fourth-order valence-electron chi connectivity index (χ4n) is 1.74. The molecule has 3 heteroatoms. The molecule has 0 saturated heterocycles. The lowest BCUT2D eigenvalue weighted by molar-refractivity contribution is 0.0697. The molecule has 0 aliphatic rings. The van der Waals surface area contributed by atoms with Crippen molar-refractivity contribution >= 4 is 21.9 Å². The number of aromatic carboxylic acids is 1. The zero-order chi connectivity index (χ0) is 12.4. The maximum Gasteiger partial charge on any atom is 0.335 e. The van der Waals surface area contributed by atoms with Gasteiger partial charge in [-0.2, -0.15) is 0 Å². The van der Waals surface area contributed by atoms with Gasteiger partial charge in [-0.3, -0.25) is 0 Å². The lowest BCUT2D eigenvalue weighted by atomic mass is 9.99. The molecule has 17 heavy (non-hydrogen) atoms. The van der Waals surface area contributed by atoms with E-state index in [0.717, 1.165) is 21.2 Å². The number of carboxylic acids is 1. The summed E-state index contributed by atoms with van der Waals surface area (Å²) in [4.78, 5) is 10.9. The van der Waals surface area contributed by atoms with Crippen LogP contribution in [0.25, 0.3) is 11.1 Å². The van der Waals surface area contributed by atoms with Crippen LogP contribution in [0.2, 0.25) is 0 Å². The minimum atomic E-state index is -0.903. The van der Waals surface area contributed by atoms with Crippen LogP contribution >= 0.6 is 15.9 Å². The topological polar surface area (TPSA) is 37.3 Å². The van der Waals surface area contributed by atoms with Gasteiger partial charge in [0.1, 0.15) is 0 Å². The zero-order valence-corrected chi connectivity index (χ0v) is 10.9. The summed E-state index contributed by atoms with van der Waals surface area (Å²) in [6.07, 6.45) is 0. The Morgan fingerprint density at radius 1 is 1.18 bits per heavy atom. The van der Waals surface area contributed by atoms with Gasteiger partial charge in [-0.25, -0.2) is 4.79 Å². The fourth-order valence-corrected chi connectivity index (χ4v) is 2.11. The molecule has 0 aliphatic heterocycles. The normalized spacial score (nSPS) is 10.2. The molecule has 0 bridgehead atoms. The van der Waals surface area contributed by atoms with Crippen LogP contribution in [0.4, 0.5) is 0 Å². The van der Waals surface area contributed by atoms with Gasteiger partial charge in [0.05, 0.1) is 5.56 Å². The van der Waals surface area contributed by atoms with E-state index >= 15 is 0 Å². The zero-order valence-electron chi connectivity index (χ0n) is 9.27. The van der Waals surface area contributed by atoms with Gasteiger partial charge in [0.15, 0.2) is 0 Å². The minimum absolute atomic E-state index is 0.307. The van der Waals surface area contributed by atoms with Gasteiger partial charge in [-0.05, 0) is 41.8 Å². The van der Waals surface area contributed by atoms with E-state index in [2.05, 4.69) is 15.9 Å². The van der Waals surface area contributed by atoms with E-state index in [4.69, 9.17) is 5.11 Å². The van der Waals surface area contributed by atoms with Crippen LogP contribution in [0, 0.1) is 6.92 Å². The van der Waals surface area contributed by atoms with Crippen molar-refractivity contribution in [2.45, 2.75) is 6.92 Å². The Labute approximate surface area is 108 Å². The summed E-state index contributed by atoms with van der Waals surface area (Å²) in [5.41, 5.74) is 3.38. The van der Waals surface area contributed by atoms with E-state index in [1.165, 1.54) is 0 Å². The first-order valence-electron chi connectivity index (χ1n) is 5.18.